The van der Waals surface area contributed by atoms with Gasteiger partial charge in [-0.1, -0.05) is 42.5 Å². The lowest BCUT2D eigenvalue weighted by molar-refractivity contribution is 0.0930. The molecule has 0 unspecified atom stereocenters. The zero-order valence-corrected chi connectivity index (χ0v) is 14.5. The van der Waals surface area contributed by atoms with Gasteiger partial charge in [0.1, 0.15) is 12.4 Å². The van der Waals surface area contributed by atoms with Crippen molar-refractivity contribution in [3.63, 3.8) is 0 Å². The van der Waals surface area contributed by atoms with Crippen molar-refractivity contribution in [1.29, 1.82) is 0 Å². The maximum absolute atomic E-state index is 12.0. The van der Waals surface area contributed by atoms with Gasteiger partial charge in [0.25, 0.3) is 0 Å². The molecule has 0 saturated heterocycles. The monoisotopic (exact) mass is 350 g/mol. The topological polar surface area (TPSA) is 63.5 Å². The van der Waals surface area contributed by atoms with Gasteiger partial charge in [-0.2, -0.15) is 0 Å². The summed E-state index contributed by atoms with van der Waals surface area (Å²) >= 11 is 0. The van der Waals surface area contributed by atoms with E-state index < -0.39 is 0 Å². The van der Waals surface area contributed by atoms with Crippen molar-refractivity contribution < 1.29 is 13.9 Å². The number of benzene rings is 2. The van der Waals surface area contributed by atoms with Crippen molar-refractivity contribution in [2.75, 3.05) is 11.9 Å². The second-order valence-electron chi connectivity index (χ2n) is 5.89. The normalized spacial score (nSPS) is 10.5. The van der Waals surface area contributed by atoms with Gasteiger partial charge >= 0.3 is 6.03 Å². The van der Waals surface area contributed by atoms with Crippen molar-refractivity contribution in [2.24, 2.45) is 0 Å². The van der Waals surface area contributed by atoms with Gasteiger partial charge in [0.2, 0.25) is 0 Å². The summed E-state index contributed by atoms with van der Waals surface area (Å²) < 4.78 is 10.8. The molecule has 1 heterocycles. The van der Waals surface area contributed by atoms with Crippen LogP contribution in [0.15, 0.2) is 77.4 Å². The predicted octanol–water partition coefficient (Wildman–Crippen LogP) is 4.36. The zero-order chi connectivity index (χ0) is 18.0. The molecule has 0 bridgehead atoms. The van der Waals surface area contributed by atoms with Crippen molar-refractivity contribution in [3.8, 4) is 0 Å². The van der Waals surface area contributed by atoms with E-state index in [1.165, 1.54) is 5.56 Å². The standard InChI is InChI=1S/C21H22N2O3/c24-21(22-12-11-17-6-2-1-3-7-17)23-19-9-4-8-18(14-19)15-25-16-20-10-5-13-26-20/h1-10,13-14H,11-12,15-16H2,(H2,22,23,24). The van der Waals surface area contributed by atoms with Crippen molar-refractivity contribution >= 4 is 11.7 Å². The Kier molecular flexibility index (Phi) is 6.45. The van der Waals surface area contributed by atoms with E-state index in [4.69, 9.17) is 9.15 Å². The molecule has 134 valence electrons. The van der Waals surface area contributed by atoms with Crippen LogP contribution in [0.1, 0.15) is 16.9 Å². The van der Waals surface area contributed by atoms with E-state index in [1.54, 1.807) is 6.26 Å². The lowest BCUT2D eigenvalue weighted by Crippen LogP contribution is -2.30. The van der Waals surface area contributed by atoms with E-state index in [0.29, 0.717) is 19.8 Å². The molecule has 1 aromatic heterocycles. The third kappa shape index (κ3) is 5.79. The number of furan rings is 1. The number of ether oxygens (including phenoxy) is 1. The lowest BCUT2D eigenvalue weighted by atomic mass is 10.1. The zero-order valence-electron chi connectivity index (χ0n) is 14.5. The number of rotatable bonds is 8. The van der Waals surface area contributed by atoms with Gasteiger partial charge in [-0.05, 0) is 41.8 Å². The number of hydrogen-bond acceptors (Lipinski definition) is 3. The fourth-order valence-corrected chi connectivity index (χ4v) is 2.54. The van der Waals surface area contributed by atoms with Crippen molar-refractivity contribution in [1.82, 2.24) is 5.32 Å². The van der Waals surface area contributed by atoms with E-state index in [9.17, 15) is 4.79 Å². The number of hydrogen-bond donors (Lipinski definition) is 2. The number of anilines is 1. The number of carbonyl (C=O) groups is 1. The summed E-state index contributed by atoms with van der Waals surface area (Å²) in [5, 5.41) is 5.72. The summed E-state index contributed by atoms with van der Waals surface area (Å²) in [6, 6.07) is 21.2. The second-order valence-corrected chi connectivity index (χ2v) is 5.89. The van der Waals surface area contributed by atoms with Gasteiger partial charge in [0.05, 0.1) is 12.9 Å². The number of amides is 2. The Morgan fingerprint density at radius 2 is 1.77 bits per heavy atom. The smallest absolute Gasteiger partial charge is 0.319 e. The van der Waals surface area contributed by atoms with Crippen molar-refractivity contribution in [2.45, 2.75) is 19.6 Å². The van der Waals surface area contributed by atoms with Crippen LogP contribution >= 0.6 is 0 Å². The minimum absolute atomic E-state index is 0.213. The summed E-state index contributed by atoms with van der Waals surface area (Å²) in [6.45, 7) is 1.46. The quantitative estimate of drug-likeness (QED) is 0.634. The average Bonchev–Trinajstić information content (AvgIpc) is 3.16. The first-order valence-electron chi connectivity index (χ1n) is 8.57. The number of nitrogens with one attached hydrogen (secondary N) is 2. The Bertz CT molecular complexity index is 801. The Labute approximate surface area is 153 Å². The van der Waals surface area contributed by atoms with Crippen LogP contribution in [0.25, 0.3) is 0 Å². The highest BCUT2D eigenvalue weighted by molar-refractivity contribution is 5.89. The van der Waals surface area contributed by atoms with E-state index in [0.717, 1.165) is 23.4 Å². The fraction of sp³-hybridized carbons (Fsp3) is 0.190. The minimum atomic E-state index is -0.213. The van der Waals surface area contributed by atoms with Crippen LogP contribution < -0.4 is 10.6 Å². The molecular weight excluding hydrogens is 328 g/mol. The third-order valence-corrected chi connectivity index (χ3v) is 3.82. The van der Waals surface area contributed by atoms with Crippen LogP contribution in [-0.4, -0.2) is 12.6 Å². The molecule has 3 aromatic rings. The Balaban J connectivity index is 1.41. The third-order valence-electron chi connectivity index (χ3n) is 3.82. The van der Waals surface area contributed by atoms with Crippen LogP contribution in [0.3, 0.4) is 0 Å². The summed E-state index contributed by atoms with van der Waals surface area (Å²) in [6.07, 6.45) is 2.43. The Morgan fingerprint density at radius 3 is 2.58 bits per heavy atom. The fourth-order valence-electron chi connectivity index (χ4n) is 2.54. The molecule has 3 rings (SSSR count). The highest BCUT2D eigenvalue weighted by Crippen LogP contribution is 2.13. The van der Waals surface area contributed by atoms with Crippen LogP contribution in [-0.2, 0) is 24.4 Å². The molecule has 0 radical (unpaired) electrons. The SMILES string of the molecule is O=C(NCCc1ccccc1)Nc1cccc(COCc2ccco2)c1. The molecular formula is C21H22N2O3. The maximum Gasteiger partial charge on any atom is 0.319 e. The van der Waals surface area contributed by atoms with Crippen molar-refractivity contribution in [3.05, 3.63) is 89.9 Å². The lowest BCUT2D eigenvalue weighted by Gasteiger charge is -2.09. The van der Waals surface area contributed by atoms with Crippen LogP contribution in [0.2, 0.25) is 0 Å². The van der Waals surface area contributed by atoms with E-state index >= 15 is 0 Å². The Morgan fingerprint density at radius 1 is 0.923 bits per heavy atom. The summed E-state index contributed by atoms with van der Waals surface area (Å²) in [5.41, 5.74) is 2.92. The largest absolute Gasteiger partial charge is 0.467 e. The van der Waals surface area contributed by atoms with Crippen LogP contribution in [0.5, 0.6) is 0 Å². The molecule has 0 saturated carbocycles. The highest BCUT2D eigenvalue weighted by Gasteiger charge is 2.03. The van der Waals surface area contributed by atoms with E-state index in [2.05, 4.69) is 10.6 Å². The molecule has 2 N–H and O–H groups in total. The van der Waals surface area contributed by atoms with Gasteiger partial charge in [0.15, 0.2) is 0 Å². The molecule has 0 atom stereocenters. The first-order valence-corrected chi connectivity index (χ1v) is 8.57. The second kappa shape index (κ2) is 9.44. The molecule has 5 nitrogen and oxygen atoms in total. The molecule has 2 amide bonds. The number of carbonyl (C=O) groups excluding carboxylic acids is 1. The molecule has 5 heteroatoms. The highest BCUT2D eigenvalue weighted by atomic mass is 16.5. The van der Waals surface area contributed by atoms with Crippen LogP contribution in [0.4, 0.5) is 10.5 Å². The Hall–Kier alpha value is -3.05. The molecule has 0 fully saturated rings. The number of urea groups is 1. The first kappa shape index (κ1) is 17.8. The molecule has 26 heavy (non-hydrogen) atoms. The van der Waals surface area contributed by atoms with Crippen LogP contribution in [0, 0.1) is 0 Å². The molecule has 0 aliphatic rings. The first-order chi connectivity index (χ1) is 12.8. The molecule has 0 aliphatic carbocycles. The summed E-state index contributed by atoms with van der Waals surface area (Å²) in [7, 11) is 0. The molecule has 0 aliphatic heterocycles. The van der Waals surface area contributed by atoms with E-state index in [-0.39, 0.29) is 6.03 Å². The maximum atomic E-state index is 12.0. The summed E-state index contributed by atoms with van der Waals surface area (Å²) in [4.78, 5) is 12.0. The molecule has 0 spiro atoms. The van der Waals surface area contributed by atoms with Gasteiger partial charge in [-0.15, -0.1) is 0 Å². The van der Waals surface area contributed by atoms with Gasteiger partial charge in [-0.3, -0.25) is 0 Å². The van der Waals surface area contributed by atoms with Gasteiger partial charge < -0.3 is 19.8 Å². The van der Waals surface area contributed by atoms with E-state index in [1.807, 2.05) is 66.7 Å². The average molecular weight is 350 g/mol. The minimum Gasteiger partial charge on any atom is -0.467 e. The molecule has 2 aromatic carbocycles. The van der Waals surface area contributed by atoms with Gasteiger partial charge in [-0.25, -0.2) is 4.79 Å². The predicted molar refractivity (Wildman–Crippen MR) is 101 cm³/mol. The van der Waals surface area contributed by atoms with Gasteiger partial charge in [0, 0.05) is 12.2 Å². The summed E-state index contributed by atoms with van der Waals surface area (Å²) in [5.74, 6) is 0.789.